The molecule has 2 aromatic carbocycles. The summed E-state index contributed by atoms with van der Waals surface area (Å²) in [6, 6.07) is 6.34. The quantitative estimate of drug-likeness (QED) is 0.604. The highest BCUT2D eigenvalue weighted by atomic mass is 16.2. The number of rotatable bonds is 5. The van der Waals surface area contributed by atoms with E-state index in [1.165, 1.54) is 6.07 Å². The van der Waals surface area contributed by atoms with Crippen molar-refractivity contribution >= 4 is 33.5 Å². The third-order valence-electron chi connectivity index (χ3n) is 5.22. The zero-order valence-electron chi connectivity index (χ0n) is 15.3. The fourth-order valence-corrected chi connectivity index (χ4v) is 3.69. The molecule has 3 aromatic rings. The smallest absolute Gasteiger partial charge is 0.346 e. The van der Waals surface area contributed by atoms with Gasteiger partial charge in [0.2, 0.25) is 0 Å². The average Bonchev–Trinajstić information content (AvgIpc) is 3.05. The molecule has 1 aliphatic rings. The number of H-pyrrole nitrogens is 1. The zero-order chi connectivity index (χ0) is 19.1. The molecule has 0 fully saturated rings. The SMILES string of the molecule is CCN(CC)CCc1c(=N)c2c(c3cc4ccc(=O)cc4[nH]c13)NC(=O)N=2. The van der Waals surface area contributed by atoms with Crippen LogP contribution in [0.2, 0.25) is 0 Å². The summed E-state index contributed by atoms with van der Waals surface area (Å²) in [6.45, 7) is 6.90. The van der Waals surface area contributed by atoms with Gasteiger partial charge in [0.25, 0.3) is 0 Å². The van der Waals surface area contributed by atoms with Crippen LogP contribution in [0.15, 0.2) is 34.1 Å². The lowest BCUT2D eigenvalue weighted by atomic mass is 10.0. The Labute approximate surface area is 155 Å². The Morgan fingerprint density at radius 2 is 1.93 bits per heavy atom. The molecule has 0 saturated heterocycles. The second-order valence-corrected chi connectivity index (χ2v) is 6.70. The van der Waals surface area contributed by atoms with Crippen molar-refractivity contribution in [2.24, 2.45) is 4.99 Å². The number of anilines is 1. The van der Waals surface area contributed by atoms with E-state index in [0.29, 0.717) is 17.5 Å². The molecule has 0 bridgehead atoms. The van der Waals surface area contributed by atoms with Gasteiger partial charge in [-0.3, -0.25) is 10.2 Å². The van der Waals surface area contributed by atoms with Crippen LogP contribution in [0.4, 0.5) is 10.5 Å². The van der Waals surface area contributed by atoms with E-state index in [-0.39, 0.29) is 10.8 Å². The minimum Gasteiger partial charge on any atom is -0.354 e. The van der Waals surface area contributed by atoms with Crippen LogP contribution in [0.1, 0.15) is 19.4 Å². The van der Waals surface area contributed by atoms with Gasteiger partial charge in [-0.2, -0.15) is 4.99 Å². The molecule has 0 aliphatic carbocycles. The zero-order valence-corrected chi connectivity index (χ0v) is 15.3. The lowest BCUT2D eigenvalue weighted by Gasteiger charge is -2.19. The molecule has 2 heterocycles. The number of amides is 2. The van der Waals surface area contributed by atoms with Crippen LogP contribution >= 0.6 is 0 Å². The maximum absolute atomic E-state index is 11.9. The highest BCUT2D eigenvalue weighted by Crippen LogP contribution is 2.26. The van der Waals surface area contributed by atoms with Crippen molar-refractivity contribution in [3.8, 4) is 0 Å². The summed E-state index contributed by atoms with van der Waals surface area (Å²) in [6.07, 6.45) is 0.660. The summed E-state index contributed by atoms with van der Waals surface area (Å²) < 4.78 is 0. The highest BCUT2D eigenvalue weighted by molar-refractivity contribution is 6.07. The third kappa shape index (κ3) is 2.90. The lowest BCUT2D eigenvalue weighted by Crippen LogP contribution is -2.32. The van der Waals surface area contributed by atoms with Crippen molar-refractivity contribution in [3.05, 3.63) is 50.8 Å². The predicted octanol–water partition coefficient (Wildman–Crippen LogP) is 1.93. The van der Waals surface area contributed by atoms with Crippen LogP contribution in [0.5, 0.6) is 0 Å². The Hall–Kier alpha value is -3.06. The first-order valence-electron chi connectivity index (χ1n) is 9.14. The van der Waals surface area contributed by atoms with Crippen LogP contribution < -0.4 is 21.5 Å². The first kappa shape index (κ1) is 17.4. The second-order valence-electron chi connectivity index (χ2n) is 6.70. The van der Waals surface area contributed by atoms with Gasteiger partial charge < -0.3 is 15.2 Å². The van der Waals surface area contributed by atoms with Gasteiger partial charge in [0.05, 0.1) is 16.6 Å². The molecule has 7 heteroatoms. The molecule has 3 N–H and O–H groups in total. The molecule has 138 valence electrons. The predicted molar refractivity (Wildman–Crippen MR) is 105 cm³/mol. The Morgan fingerprint density at radius 1 is 1.15 bits per heavy atom. The standard InChI is InChI=1S/C20H21N5O2/c1-3-25(4-2)8-7-13-16(21)19-18(23-20(27)24-19)14-9-11-5-6-12(26)10-15(11)22-17(13)14/h5-6,9-10,21-22H,3-4,7-8H2,1-2H3,(H,23,27). The Morgan fingerprint density at radius 3 is 2.67 bits per heavy atom. The summed E-state index contributed by atoms with van der Waals surface area (Å²) in [7, 11) is 0. The van der Waals surface area contributed by atoms with Crippen molar-refractivity contribution in [1.82, 2.24) is 9.88 Å². The van der Waals surface area contributed by atoms with E-state index in [2.05, 4.69) is 34.0 Å². The minimum absolute atomic E-state index is 0.0710. The number of hydrogen-bond donors (Lipinski definition) is 3. The van der Waals surface area contributed by atoms with Crippen molar-refractivity contribution in [1.29, 1.82) is 5.41 Å². The number of nitrogens with one attached hydrogen (secondary N) is 3. The monoisotopic (exact) mass is 363 g/mol. The number of aromatic amines is 1. The molecule has 0 unspecified atom stereocenters. The summed E-state index contributed by atoms with van der Waals surface area (Å²) >= 11 is 0. The van der Waals surface area contributed by atoms with E-state index < -0.39 is 6.03 Å². The number of nitrogens with zero attached hydrogens (tertiary/aromatic N) is 2. The number of benzene rings is 2. The van der Waals surface area contributed by atoms with E-state index in [1.807, 2.05) is 6.07 Å². The summed E-state index contributed by atoms with van der Waals surface area (Å²) in [5, 5.41) is 13.7. The Kier molecular flexibility index (Phi) is 4.24. The van der Waals surface area contributed by atoms with E-state index in [0.717, 1.165) is 47.0 Å². The minimum atomic E-state index is -0.448. The maximum Gasteiger partial charge on any atom is 0.346 e. The van der Waals surface area contributed by atoms with Gasteiger partial charge in [-0.05, 0) is 43.1 Å². The number of aromatic nitrogens is 1. The molecule has 2 amide bonds. The molecule has 0 saturated carbocycles. The number of hydrogen-bond acceptors (Lipinski definition) is 4. The largest absolute Gasteiger partial charge is 0.354 e. The Balaban J connectivity index is 2.01. The molecule has 4 rings (SSSR count). The highest BCUT2D eigenvalue weighted by Gasteiger charge is 2.20. The van der Waals surface area contributed by atoms with Gasteiger partial charge in [-0.25, -0.2) is 4.79 Å². The van der Waals surface area contributed by atoms with Gasteiger partial charge in [-0.15, -0.1) is 0 Å². The number of likely N-dealkylation sites (N-methyl/N-ethyl adjacent to an activating group) is 1. The van der Waals surface area contributed by atoms with Crippen LogP contribution in [0.25, 0.3) is 21.8 Å². The van der Waals surface area contributed by atoms with Gasteiger partial charge in [0, 0.05) is 29.1 Å². The first-order chi connectivity index (χ1) is 13.0. The number of pyridine rings is 1. The van der Waals surface area contributed by atoms with Gasteiger partial charge in [0.1, 0.15) is 5.36 Å². The molecule has 1 aliphatic heterocycles. The van der Waals surface area contributed by atoms with Crippen molar-refractivity contribution < 1.29 is 4.79 Å². The van der Waals surface area contributed by atoms with Gasteiger partial charge >= 0.3 is 6.03 Å². The maximum atomic E-state index is 11.9. The van der Waals surface area contributed by atoms with E-state index in [4.69, 9.17) is 5.41 Å². The summed E-state index contributed by atoms with van der Waals surface area (Å²) in [5.41, 5.74) is 2.81. The number of carbonyl (C=O) groups is 1. The topological polar surface area (TPSA) is 101 Å². The fourth-order valence-electron chi connectivity index (χ4n) is 3.69. The van der Waals surface area contributed by atoms with E-state index in [9.17, 15) is 9.59 Å². The number of urea groups is 1. The van der Waals surface area contributed by atoms with E-state index >= 15 is 0 Å². The number of carbonyl (C=O) groups excluding carboxylic acids is 1. The van der Waals surface area contributed by atoms with Crippen LogP contribution in [0.3, 0.4) is 0 Å². The Bertz CT molecular complexity index is 1240. The summed E-state index contributed by atoms with van der Waals surface area (Å²) in [5.74, 6) is 0. The van der Waals surface area contributed by atoms with Crippen LogP contribution in [0, 0.1) is 5.41 Å². The molecule has 0 atom stereocenters. The molecule has 7 nitrogen and oxygen atoms in total. The van der Waals surface area contributed by atoms with Crippen molar-refractivity contribution in [2.45, 2.75) is 20.3 Å². The van der Waals surface area contributed by atoms with Crippen LogP contribution in [-0.2, 0) is 6.42 Å². The van der Waals surface area contributed by atoms with Crippen LogP contribution in [-0.4, -0.2) is 35.5 Å². The summed E-state index contributed by atoms with van der Waals surface area (Å²) in [4.78, 5) is 33.2. The number of fused-ring (bicyclic) bond motifs is 4. The van der Waals surface area contributed by atoms with Gasteiger partial charge in [0.15, 0.2) is 5.43 Å². The normalized spacial score (nSPS) is 13.2. The molecule has 27 heavy (non-hydrogen) atoms. The van der Waals surface area contributed by atoms with Crippen molar-refractivity contribution in [2.75, 3.05) is 25.0 Å². The van der Waals surface area contributed by atoms with Crippen molar-refractivity contribution in [3.63, 3.8) is 0 Å². The molecular weight excluding hydrogens is 342 g/mol. The van der Waals surface area contributed by atoms with E-state index in [1.54, 1.807) is 12.1 Å². The second kappa shape index (κ2) is 6.59. The molecule has 0 spiro atoms. The molecular formula is C20H21N5O2. The third-order valence-corrected chi connectivity index (χ3v) is 5.22. The first-order valence-corrected chi connectivity index (χ1v) is 9.14. The molecule has 1 aromatic heterocycles. The molecule has 0 radical (unpaired) electrons. The average molecular weight is 363 g/mol. The fraction of sp³-hybridized carbons (Fsp3) is 0.300. The van der Waals surface area contributed by atoms with Gasteiger partial charge in [-0.1, -0.05) is 13.8 Å². The lowest BCUT2D eigenvalue weighted by molar-refractivity contribution is 0.260.